The van der Waals surface area contributed by atoms with Gasteiger partial charge in [-0.3, -0.25) is 0 Å². The van der Waals surface area contributed by atoms with Crippen LogP contribution < -0.4 is 11.5 Å². The summed E-state index contributed by atoms with van der Waals surface area (Å²) < 4.78 is 13.0. The van der Waals surface area contributed by atoms with Crippen molar-refractivity contribution in [1.29, 1.82) is 0 Å². The normalized spacial score (nSPS) is 19.0. The first-order valence-electron chi connectivity index (χ1n) is 4.93. The second-order valence-corrected chi connectivity index (χ2v) is 4.07. The maximum absolute atomic E-state index is 13.0. The van der Waals surface area contributed by atoms with Gasteiger partial charge in [-0.05, 0) is 30.5 Å². The Hall–Kier alpha value is -1.09. The molecule has 0 aromatic heterocycles. The Labute approximate surface area is 83.1 Å². The zero-order chi connectivity index (χ0) is 10.2. The molecule has 1 aromatic rings. The molecule has 2 rings (SSSR count). The van der Waals surface area contributed by atoms with E-state index >= 15 is 0 Å². The second-order valence-electron chi connectivity index (χ2n) is 4.07. The van der Waals surface area contributed by atoms with E-state index in [9.17, 15) is 4.39 Å². The van der Waals surface area contributed by atoms with Gasteiger partial charge in [0.2, 0.25) is 0 Å². The Kier molecular flexibility index (Phi) is 2.19. The Morgan fingerprint density at radius 1 is 1.36 bits per heavy atom. The molecule has 0 bridgehead atoms. The lowest BCUT2D eigenvalue weighted by Crippen LogP contribution is -2.41. The second kappa shape index (κ2) is 3.24. The Balaban J connectivity index is 2.36. The van der Waals surface area contributed by atoms with Crippen LogP contribution in [0.2, 0.25) is 0 Å². The molecule has 1 saturated carbocycles. The fourth-order valence-electron chi connectivity index (χ4n) is 2.09. The van der Waals surface area contributed by atoms with Crippen LogP contribution >= 0.6 is 0 Å². The van der Waals surface area contributed by atoms with Gasteiger partial charge >= 0.3 is 0 Å². The first-order valence-corrected chi connectivity index (χ1v) is 4.93. The van der Waals surface area contributed by atoms with Crippen LogP contribution in [0.4, 0.5) is 10.1 Å². The third kappa shape index (κ3) is 1.28. The van der Waals surface area contributed by atoms with Gasteiger partial charge in [-0.15, -0.1) is 0 Å². The minimum absolute atomic E-state index is 0.0713. The van der Waals surface area contributed by atoms with Crippen molar-refractivity contribution in [2.75, 3.05) is 12.3 Å². The van der Waals surface area contributed by atoms with Crippen LogP contribution in [0.5, 0.6) is 0 Å². The zero-order valence-corrected chi connectivity index (χ0v) is 8.09. The Bertz CT molecular complexity index is 340. The average molecular weight is 194 g/mol. The molecule has 1 aliphatic carbocycles. The van der Waals surface area contributed by atoms with E-state index < -0.39 is 0 Å². The molecular formula is C11H15FN2. The van der Waals surface area contributed by atoms with Gasteiger partial charge in [-0.2, -0.15) is 0 Å². The third-order valence-corrected chi connectivity index (χ3v) is 3.31. The topological polar surface area (TPSA) is 52.0 Å². The lowest BCUT2D eigenvalue weighted by molar-refractivity contribution is 0.253. The number of nitrogens with two attached hydrogens (primary N) is 2. The predicted molar refractivity (Wildman–Crippen MR) is 55.4 cm³/mol. The van der Waals surface area contributed by atoms with Crippen molar-refractivity contribution in [3.8, 4) is 0 Å². The van der Waals surface area contributed by atoms with Crippen LogP contribution in [-0.2, 0) is 5.41 Å². The summed E-state index contributed by atoms with van der Waals surface area (Å²) in [5.74, 6) is -0.347. The molecule has 0 amide bonds. The molecule has 0 saturated heterocycles. The van der Waals surface area contributed by atoms with Gasteiger partial charge in [-0.25, -0.2) is 4.39 Å². The molecule has 0 atom stereocenters. The van der Waals surface area contributed by atoms with E-state index in [0.29, 0.717) is 6.54 Å². The van der Waals surface area contributed by atoms with E-state index in [2.05, 4.69) is 0 Å². The van der Waals surface area contributed by atoms with Gasteiger partial charge in [0.1, 0.15) is 5.82 Å². The van der Waals surface area contributed by atoms with Crippen LogP contribution in [0.25, 0.3) is 0 Å². The van der Waals surface area contributed by atoms with Gasteiger partial charge in [-0.1, -0.05) is 12.5 Å². The number of hydrogen-bond donors (Lipinski definition) is 2. The molecule has 0 aliphatic heterocycles. The van der Waals surface area contributed by atoms with Crippen molar-refractivity contribution in [2.45, 2.75) is 24.7 Å². The molecule has 1 fully saturated rings. The zero-order valence-electron chi connectivity index (χ0n) is 8.09. The van der Waals surface area contributed by atoms with Crippen molar-refractivity contribution in [2.24, 2.45) is 5.73 Å². The Morgan fingerprint density at radius 3 is 2.50 bits per heavy atom. The quantitative estimate of drug-likeness (QED) is 0.705. The lowest BCUT2D eigenvalue weighted by atomic mass is 9.64. The van der Waals surface area contributed by atoms with Crippen LogP contribution in [0.1, 0.15) is 24.8 Å². The molecule has 2 nitrogen and oxygen atoms in total. The van der Waals surface area contributed by atoms with E-state index in [4.69, 9.17) is 11.5 Å². The summed E-state index contributed by atoms with van der Waals surface area (Å²) >= 11 is 0. The highest BCUT2D eigenvalue weighted by Gasteiger charge is 2.37. The highest BCUT2D eigenvalue weighted by Crippen LogP contribution is 2.43. The molecule has 0 heterocycles. The standard InChI is InChI=1S/C11H15FN2/c12-9-3-2-8(6-10(9)14)11(7-13)4-1-5-11/h2-3,6H,1,4-5,7,13-14H2. The van der Waals surface area contributed by atoms with Gasteiger partial charge in [0, 0.05) is 12.0 Å². The smallest absolute Gasteiger partial charge is 0.146 e. The minimum atomic E-state index is -0.347. The van der Waals surface area contributed by atoms with Crippen molar-refractivity contribution in [3.63, 3.8) is 0 Å². The van der Waals surface area contributed by atoms with E-state index in [0.717, 1.165) is 18.4 Å². The monoisotopic (exact) mass is 194 g/mol. The summed E-state index contributed by atoms with van der Waals surface area (Å²) in [6, 6.07) is 4.96. The van der Waals surface area contributed by atoms with Crippen LogP contribution in [0.3, 0.4) is 0 Å². The molecule has 4 N–H and O–H groups in total. The summed E-state index contributed by atoms with van der Waals surface area (Å²) in [5.41, 5.74) is 12.7. The molecule has 0 radical (unpaired) electrons. The fraction of sp³-hybridized carbons (Fsp3) is 0.455. The minimum Gasteiger partial charge on any atom is -0.396 e. The SMILES string of the molecule is NCC1(c2ccc(F)c(N)c2)CCC1. The molecule has 3 heteroatoms. The van der Waals surface area contributed by atoms with E-state index in [1.165, 1.54) is 12.5 Å². The fourth-order valence-corrected chi connectivity index (χ4v) is 2.09. The molecule has 1 aliphatic rings. The maximum Gasteiger partial charge on any atom is 0.146 e. The predicted octanol–water partition coefficient (Wildman–Crippen LogP) is 1.79. The summed E-state index contributed by atoms with van der Waals surface area (Å²) in [4.78, 5) is 0. The first kappa shape index (κ1) is 9.46. The first-order chi connectivity index (χ1) is 6.68. The van der Waals surface area contributed by atoms with Gasteiger partial charge in [0.15, 0.2) is 0 Å². The summed E-state index contributed by atoms with van der Waals surface area (Å²) in [7, 11) is 0. The van der Waals surface area contributed by atoms with Crippen molar-refractivity contribution < 1.29 is 4.39 Å². The van der Waals surface area contributed by atoms with Gasteiger partial charge in [0.05, 0.1) is 5.69 Å². The Morgan fingerprint density at radius 2 is 2.07 bits per heavy atom. The maximum atomic E-state index is 13.0. The molecule has 0 unspecified atom stereocenters. The summed E-state index contributed by atoms with van der Waals surface area (Å²) in [6.45, 7) is 0.623. The molecule has 0 spiro atoms. The van der Waals surface area contributed by atoms with Crippen molar-refractivity contribution in [3.05, 3.63) is 29.6 Å². The van der Waals surface area contributed by atoms with Gasteiger partial charge in [0.25, 0.3) is 0 Å². The number of hydrogen-bond acceptors (Lipinski definition) is 2. The number of anilines is 1. The number of nitrogen functional groups attached to an aromatic ring is 1. The highest BCUT2D eigenvalue weighted by molar-refractivity contribution is 5.45. The van der Waals surface area contributed by atoms with E-state index in [1.54, 1.807) is 12.1 Å². The molecule has 14 heavy (non-hydrogen) atoms. The van der Waals surface area contributed by atoms with Crippen LogP contribution in [0, 0.1) is 5.82 Å². The molecule has 1 aromatic carbocycles. The summed E-state index contributed by atoms with van der Waals surface area (Å²) in [6.07, 6.45) is 3.39. The molecular weight excluding hydrogens is 179 g/mol. The van der Waals surface area contributed by atoms with E-state index in [1.807, 2.05) is 0 Å². The lowest BCUT2D eigenvalue weighted by Gasteiger charge is -2.41. The number of halogens is 1. The highest BCUT2D eigenvalue weighted by atomic mass is 19.1. The number of benzene rings is 1. The van der Waals surface area contributed by atoms with Crippen molar-refractivity contribution in [1.82, 2.24) is 0 Å². The van der Waals surface area contributed by atoms with Gasteiger partial charge < -0.3 is 11.5 Å². The van der Waals surface area contributed by atoms with Crippen LogP contribution in [0.15, 0.2) is 18.2 Å². The number of rotatable bonds is 2. The summed E-state index contributed by atoms with van der Waals surface area (Å²) in [5, 5.41) is 0. The molecule has 76 valence electrons. The third-order valence-electron chi connectivity index (χ3n) is 3.31. The van der Waals surface area contributed by atoms with Crippen LogP contribution in [-0.4, -0.2) is 6.54 Å². The van der Waals surface area contributed by atoms with E-state index in [-0.39, 0.29) is 16.9 Å². The largest absolute Gasteiger partial charge is 0.396 e. The average Bonchev–Trinajstić information content (AvgIpc) is 2.10. The van der Waals surface area contributed by atoms with Crippen molar-refractivity contribution >= 4 is 5.69 Å².